The molecule has 0 saturated heterocycles. The topological polar surface area (TPSA) is 109 Å². The molecule has 0 unspecified atom stereocenters. The Morgan fingerprint density at radius 2 is 2.00 bits per heavy atom. The van der Waals surface area contributed by atoms with Crippen LogP contribution in [0.15, 0.2) is 36.7 Å². The van der Waals surface area contributed by atoms with Crippen molar-refractivity contribution in [1.29, 1.82) is 0 Å². The number of rotatable bonds is 5. The van der Waals surface area contributed by atoms with Gasteiger partial charge in [-0.15, -0.1) is 0 Å². The Morgan fingerprint density at radius 1 is 1.29 bits per heavy atom. The lowest BCUT2D eigenvalue weighted by atomic mass is 9.98. The fourth-order valence-corrected chi connectivity index (χ4v) is 2.96. The van der Waals surface area contributed by atoms with Crippen LogP contribution in [-0.4, -0.2) is 26.0 Å². The number of aliphatic carboxylic acids is 1. The van der Waals surface area contributed by atoms with Crippen molar-refractivity contribution in [3.05, 3.63) is 58.0 Å². The van der Waals surface area contributed by atoms with Gasteiger partial charge < -0.3 is 10.1 Å². The summed E-state index contributed by atoms with van der Waals surface area (Å²) in [7, 11) is 0. The molecule has 0 radical (unpaired) electrons. The van der Waals surface area contributed by atoms with E-state index in [4.69, 9.17) is 5.11 Å². The highest BCUT2D eigenvalue weighted by Crippen LogP contribution is 2.39. The van der Waals surface area contributed by atoms with Crippen LogP contribution in [0.3, 0.4) is 0 Å². The number of hydrogen-bond donors (Lipinski definition) is 2. The number of aromatic nitrogens is 2. The molecule has 0 amide bonds. The zero-order valence-corrected chi connectivity index (χ0v) is 12.9. The second-order valence-electron chi connectivity index (χ2n) is 5.50. The van der Waals surface area contributed by atoms with E-state index >= 15 is 0 Å². The fraction of sp³-hybridized carbons (Fsp3) is 0.176. The molecule has 0 atom stereocenters. The number of nitro benzene ring substituents is 1. The van der Waals surface area contributed by atoms with Crippen molar-refractivity contribution in [2.24, 2.45) is 0 Å². The Morgan fingerprint density at radius 3 is 2.62 bits per heavy atom. The van der Waals surface area contributed by atoms with Gasteiger partial charge in [0.25, 0.3) is 5.69 Å². The molecule has 7 heteroatoms. The van der Waals surface area contributed by atoms with Gasteiger partial charge in [0, 0.05) is 24.5 Å². The summed E-state index contributed by atoms with van der Waals surface area (Å²) in [6.45, 7) is 1.80. The minimum atomic E-state index is -0.934. The first-order valence-electron chi connectivity index (χ1n) is 7.39. The quantitative estimate of drug-likeness (QED) is 0.551. The van der Waals surface area contributed by atoms with Crippen molar-refractivity contribution in [3.63, 3.8) is 0 Å². The highest BCUT2D eigenvalue weighted by Gasteiger charge is 2.24. The molecule has 2 aromatic heterocycles. The van der Waals surface area contributed by atoms with Gasteiger partial charge in [-0.05, 0) is 48.7 Å². The van der Waals surface area contributed by atoms with Gasteiger partial charge in [-0.3, -0.25) is 19.9 Å². The first-order valence-corrected chi connectivity index (χ1v) is 7.39. The number of H-pyrrole nitrogens is 1. The molecule has 0 aliphatic heterocycles. The Bertz CT molecular complexity index is 932. The molecular weight excluding hydrogens is 310 g/mol. The molecule has 0 aliphatic carbocycles. The summed E-state index contributed by atoms with van der Waals surface area (Å²) in [5.74, 6) is -0.934. The third-order valence-corrected chi connectivity index (χ3v) is 4.02. The molecule has 0 aliphatic rings. The van der Waals surface area contributed by atoms with Crippen molar-refractivity contribution in [3.8, 4) is 11.1 Å². The van der Waals surface area contributed by atoms with Gasteiger partial charge in [-0.1, -0.05) is 0 Å². The van der Waals surface area contributed by atoms with Crippen LogP contribution in [0.4, 0.5) is 5.69 Å². The minimum Gasteiger partial charge on any atom is -0.481 e. The van der Waals surface area contributed by atoms with Gasteiger partial charge >= 0.3 is 5.97 Å². The zero-order chi connectivity index (χ0) is 17.3. The summed E-state index contributed by atoms with van der Waals surface area (Å²) >= 11 is 0. The van der Waals surface area contributed by atoms with Crippen LogP contribution in [0, 0.1) is 17.0 Å². The summed E-state index contributed by atoms with van der Waals surface area (Å²) in [4.78, 5) is 29.3. The van der Waals surface area contributed by atoms with Crippen molar-refractivity contribution in [2.45, 2.75) is 19.8 Å². The maximum absolute atomic E-state index is 11.8. The predicted molar refractivity (Wildman–Crippen MR) is 88.9 cm³/mol. The molecule has 0 spiro atoms. The maximum atomic E-state index is 11.8. The van der Waals surface area contributed by atoms with E-state index < -0.39 is 10.9 Å². The molecule has 3 aromatic rings. The van der Waals surface area contributed by atoms with Crippen LogP contribution in [-0.2, 0) is 11.2 Å². The molecule has 3 rings (SSSR count). The number of aromatic amines is 1. The van der Waals surface area contributed by atoms with E-state index in [1.54, 1.807) is 43.6 Å². The van der Waals surface area contributed by atoms with Crippen LogP contribution < -0.4 is 0 Å². The van der Waals surface area contributed by atoms with E-state index in [-0.39, 0.29) is 18.5 Å². The number of nitrogens with zero attached hydrogens (tertiary/aromatic N) is 2. The first-order chi connectivity index (χ1) is 11.5. The molecule has 2 N–H and O–H groups in total. The lowest BCUT2D eigenvalue weighted by Crippen LogP contribution is -2.00. The average Bonchev–Trinajstić information content (AvgIpc) is 2.87. The molecule has 2 heterocycles. The summed E-state index contributed by atoms with van der Waals surface area (Å²) in [6.07, 6.45) is 3.32. The van der Waals surface area contributed by atoms with E-state index in [9.17, 15) is 14.9 Å². The Labute approximate surface area is 137 Å². The third-order valence-electron chi connectivity index (χ3n) is 4.02. The molecular formula is C17H15N3O4. The Hall–Kier alpha value is -3.22. The second kappa shape index (κ2) is 6.11. The number of hydrogen-bond acceptors (Lipinski definition) is 4. The van der Waals surface area contributed by atoms with E-state index in [1.165, 1.54) is 0 Å². The first kappa shape index (κ1) is 15.7. The minimum absolute atomic E-state index is 0.0107. The predicted octanol–water partition coefficient (Wildman–Crippen LogP) is 3.46. The third kappa shape index (κ3) is 2.71. The summed E-state index contributed by atoms with van der Waals surface area (Å²) in [6, 6.07) is 6.91. The van der Waals surface area contributed by atoms with Crippen molar-refractivity contribution in [1.82, 2.24) is 9.97 Å². The summed E-state index contributed by atoms with van der Waals surface area (Å²) in [5, 5.41) is 21.2. The van der Waals surface area contributed by atoms with E-state index in [2.05, 4.69) is 9.97 Å². The number of carboxylic acids is 1. The average molecular weight is 325 g/mol. The lowest BCUT2D eigenvalue weighted by molar-refractivity contribution is -0.382. The largest absolute Gasteiger partial charge is 0.481 e. The number of pyridine rings is 1. The summed E-state index contributed by atoms with van der Waals surface area (Å²) in [5.41, 5.74) is 3.24. The van der Waals surface area contributed by atoms with Gasteiger partial charge in [0.1, 0.15) is 0 Å². The van der Waals surface area contributed by atoms with Gasteiger partial charge in [0.15, 0.2) is 0 Å². The van der Waals surface area contributed by atoms with Crippen molar-refractivity contribution in [2.75, 3.05) is 0 Å². The zero-order valence-electron chi connectivity index (χ0n) is 12.9. The van der Waals surface area contributed by atoms with Crippen LogP contribution >= 0.6 is 0 Å². The molecule has 0 saturated carbocycles. The molecule has 0 bridgehead atoms. The SMILES string of the molecule is Cc1[nH]c2ccc(-c3ccncc3)c([N+](=O)[O-])c2c1CCC(=O)O. The molecule has 0 fully saturated rings. The molecule has 122 valence electrons. The normalized spacial score (nSPS) is 10.9. The van der Waals surface area contributed by atoms with Crippen molar-refractivity contribution < 1.29 is 14.8 Å². The number of benzene rings is 1. The highest BCUT2D eigenvalue weighted by atomic mass is 16.6. The smallest absolute Gasteiger partial charge is 0.303 e. The van der Waals surface area contributed by atoms with Crippen LogP contribution in [0.2, 0.25) is 0 Å². The molecule has 1 aromatic carbocycles. The van der Waals surface area contributed by atoms with Crippen LogP contribution in [0.5, 0.6) is 0 Å². The number of nitro groups is 1. The fourth-order valence-electron chi connectivity index (χ4n) is 2.96. The number of carbonyl (C=O) groups is 1. The van der Waals surface area contributed by atoms with Gasteiger partial charge in [0.2, 0.25) is 0 Å². The summed E-state index contributed by atoms with van der Waals surface area (Å²) < 4.78 is 0. The monoisotopic (exact) mass is 325 g/mol. The maximum Gasteiger partial charge on any atom is 0.303 e. The number of nitrogens with one attached hydrogen (secondary N) is 1. The van der Waals surface area contributed by atoms with Gasteiger partial charge in [-0.2, -0.15) is 0 Å². The number of aryl methyl sites for hydroxylation is 2. The number of carboxylic acid groups (broad SMARTS) is 1. The number of fused-ring (bicyclic) bond motifs is 1. The lowest BCUT2D eigenvalue weighted by Gasteiger charge is -2.06. The molecule has 24 heavy (non-hydrogen) atoms. The van der Waals surface area contributed by atoms with Crippen molar-refractivity contribution >= 4 is 22.6 Å². The van der Waals surface area contributed by atoms with E-state index in [0.717, 1.165) is 5.69 Å². The standard InChI is InChI=1S/C17H15N3O4/c1-10-12(3-5-15(21)22)16-14(19-10)4-2-13(17(16)20(23)24)11-6-8-18-9-7-11/h2,4,6-9,19H,3,5H2,1H3,(H,21,22). The van der Waals surface area contributed by atoms with Crippen LogP contribution in [0.25, 0.3) is 22.0 Å². The highest BCUT2D eigenvalue weighted by molar-refractivity contribution is 5.99. The Balaban J connectivity index is 2.29. The van der Waals surface area contributed by atoms with Crippen LogP contribution in [0.1, 0.15) is 17.7 Å². The van der Waals surface area contributed by atoms with E-state index in [1.807, 2.05) is 0 Å². The molecule has 7 nitrogen and oxygen atoms in total. The van der Waals surface area contributed by atoms with E-state index in [0.29, 0.717) is 27.6 Å². The van der Waals surface area contributed by atoms with Gasteiger partial charge in [-0.25, -0.2) is 0 Å². The van der Waals surface area contributed by atoms with Gasteiger partial charge in [0.05, 0.1) is 21.4 Å². The Kier molecular flexibility index (Phi) is 3.99. The second-order valence-corrected chi connectivity index (χ2v) is 5.50.